The molecular formula is C33H37N3O5. The Hall–Kier alpha value is -4.17. The fourth-order valence-electron chi connectivity index (χ4n) is 5.97. The Morgan fingerprint density at radius 1 is 0.902 bits per heavy atom. The molecular weight excluding hydrogens is 518 g/mol. The Balaban J connectivity index is 1.30. The number of alkyl carbamates (subject to hydrolysis) is 1. The van der Waals surface area contributed by atoms with E-state index < -0.39 is 29.6 Å². The standard InChI is InChI=1S/C33H37N3O5/c1-22(2)29(30(37)38)34-31(39)33(16-18-36(19-17-33)20-23-10-4-3-5-11-23)35-32(40)41-21-28-26-14-8-6-12-24(26)25-13-7-9-15-27(25)28/h3-15,22,28-29H,16-21H2,1-2H3,(H,34,39)(H,35,40)(H,37,38)/t29-/m1/s1. The number of piperidine rings is 1. The third-order valence-electron chi connectivity index (χ3n) is 8.30. The third-order valence-corrected chi connectivity index (χ3v) is 8.30. The van der Waals surface area contributed by atoms with E-state index in [1.165, 1.54) is 5.56 Å². The van der Waals surface area contributed by atoms with Gasteiger partial charge in [0.25, 0.3) is 0 Å². The average Bonchev–Trinajstić information content (AvgIpc) is 3.29. The van der Waals surface area contributed by atoms with Crippen molar-refractivity contribution in [2.75, 3.05) is 19.7 Å². The highest BCUT2D eigenvalue weighted by Crippen LogP contribution is 2.44. The molecule has 5 rings (SSSR count). The zero-order valence-corrected chi connectivity index (χ0v) is 23.5. The van der Waals surface area contributed by atoms with Crippen LogP contribution in [0.2, 0.25) is 0 Å². The highest BCUT2D eigenvalue weighted by molar-refractivity contribution is 5.93. The zero-order valence-electron chi connectivity index (χ0n) is 23.5. The van der Waals surface area contributed by atoms with Gasteiger partial charge in [-0.1, -0.05) is 92.7 Å². The number of aliphatic carboxylic acids is 1. The molecule has 2 aliphatic rings. The fraction of sp³-hybridized carbons (Fsp3) is 0.364. The van der Waals surface area contributed by atoms with Crippen LogP contribution in [0.3, 0.4) is 0 Å². The molecule has 1 heterocycles. The fourth-order valence-corrected chi connectivity index (χ4v) is 5.97. The van der Waals surface area contributed by atoms with Crippen LogP contribution in [-0.4, -0.2) is 59.3 Å². The van der Waals surface area contributed by atoms with Crippen molar-refractivity contribution in [3.63, 3.8) is 0 Å². The molecule has 8 heteroatoms. The van der Waals surface area contributed by atoms with Gasteiger partial charge in [-0.15, -0.1) is 0 Å². The van der Waals surface area contributed by atoms with Gasteiger partial charge in [-0.05, 0) is 46.6 Å². The van der Waals surface area contributed by atoms with E-state index in [4.69, 9.17) is 4.74 Å². The Bertz CT molecular complexity index is 1350. The number of carboxylic acids is 1. The highest BCUT2D eigenvalue weighted by atomic mass is 16.5. The molecule has 8 nitrogen and oxygen atoms in total. The molecule has 3 aromatic carbocycles. The molecule has 0 unspecified atom stereocenters. The minimum absolute atomic E-state index is 0.108. The van der Waals surface area contributed by atoms with E-state index in [0.717, 1.165) is 28.8 Å². The second-order valence-electron chi connectivity index (χ2n) is 11.3. The van der Waals surface area contributed by atoms with Crippen LogP contribution < -0.4 is 10.6 Å². The van der Waals surface area contributed by atoms with Crippen LogP contribution in [0.5, 0.6) is 0 Å². The number of carbonyl (C=O) groups excluding carboxylic acids is 2. The zero-order chi connectivity index (χ0) is 29.0. The molecule has 0 bridgehead atoms. The summed E-state index contributed by atoms with van der Waals surface area (Å²) >= 11 is 0. The molecule has 1 saturated heterocycles. The molecule has 0 aromatic heterocycles. The molecule has 0 spiro atoms. The summed E-state index contributed by atoms with van der Waals surface area (Å²) in [5.74, 6) is -2.03. The van der Waals surface area contributed by atoms with Gasteiger partial charge >= 0.3 is 12.1 Å². The quantitative estimate of drug-likeness (QED) is 0.351. The Labute approximate surface area is 240 Å². The van der Waals surface area contributed by atoms with Crippen molar-refractivity contribution >= 4 is 18.0 Å². The van der Waals surface area contributed by atoms with Crippen molar-refractivity contribution in [1.82, 2.24) is 15.5 Å². The van der Waals surface area contributed by atoms with E-state index in [0.29, 0.717) is 25.9 Å². The maximum atomic E-state index is 13.7. The average molecular weight is 556 g/mol. The SMILES string of the molecule is CC(C)[C@@H](NC(=O)C1(NC(=O)OCC2c3ccccc3-c3ccccc32)CCN(Cc2ccccc2)CC1)C(=O)O. The lowest BCUT2D eigenvalue weighted by Gasteiger charge is -2.41. The number of benzene rings is 3. The normalized spacial score (nSPS) is 16.9. The van der Waals surface area contributed by atoms with E-state index in [1.807, 2.05) is 42.5 Å². The maximum Gasteiger partial charge on any atom is 0.408 e. The molecule has 0 saturated carbocycles. The molecule has 2 amide bonds. The van der Waals surface area contributed by atoms with Gasteiger partial charge in [-0.2, -0.15) is 0 Å². The molecule has 1 aliphatic heterocycles. The second kappa shape index (κ2) is 12.1. The van der Waals surface area contributed by atoms with Gasteiger partial charge in [0.05, 0.1) is 0 Å². The maximum absolute atomic E-state index is 13.7. The molecule has 0 radical (unpaired) electrons. The summed E-state index contributed by atoms with van der Waals surface area (Å²) in [5, 5.41) is 15.3. The number of hydrogen-bond acceptors (Lipinski definition) is 5. The number of hydrogen-bond donors (Lipinski definition) is 3. The van der Waals surface area contributed by atoms with Gasteiger partial charge in [0.2, 0.25) is 5.91 Å². The highest BCUT2D eigenvalue weighted by Gasteiger charge is 2.45. The number of ether oxygens (including phenoxy) is 1. The van der Waals surface area contributed by atoms with Crippen LogP contribution >= 0.6 is 0 Å². The predicted octanol–water partition coefficient (Wildman–Crippen LogP) is 4.79. The van der Waals surface area contributed by atoms with E-state index in [9.17, 15) is 19.5 Å². The van der Waals surface area contributed by atoms with Crippen molar-refractivity contribution in [2.45, 2.75) is 50.7 Å². The van der Waals surface area contributed by atoms with Gasteiger partial charge in [-0.25, -0.2) is 9.59 Å². The van der Waals surface area contributed by atoms with Crippen LogP contribution in [0, 0.1) is 5.92 Å². The van der Waals surface area contributed by atoms with Crippen LogP contribution in [-0.2, 0) is 20.9 Å². The van der Waals surface area contributed by atoms with Gasteiger partial charge < -0.3 is 20.5 Å². The molecule has 1 atom stereocenters. The van der Waals surface area contributed by atoms with E-state index >= 15 is 0 Å². The molecule has 41 heavy (non-hydrogen) atoms. The summed E-state index contributed by atoms with van der Waals surface area (Å²) < 4.78 is 5.78. The summed E-state index contributed by atoms with van der Waals surface area (Å²) in [6.45, 7) is 5.46. The number of carboxylic acid groups (broad SMARTS) is 1. The number of rotatable bonds is 9. The summed E-state index contributed by atoms with van der Waals surface area (Å²) in [6, 6.07) is 25.2. The minimum atomic E-state index is -1.28. The van der Waals surface area contributed by atoms with Gasteiger partial charge in [0, 0.05) is 25.6 Å². The number of carbonyl (C=O) groups is 3. The second-order valence-corrected chi connectivity index (χ2v) is 11.3. The lowest BCUT2D eigenvalue weighted by molar-refractivity contribution is -0.144. The lowest BCUT2D eigenvalue weighted by atomic mass is 9.85. The number of nitrogens with zero attached hydrogens (tertiary/aromatic N) is 1. The van der Waals surface area contributed by atoms with E-state index in [-0.39, 0.29) is 18.4 Å². The van der Waals surface area contributed by atoms with E-state index in [2.05, 4.69) is 51.9 Å². The van der Waals surface area contributed by atoms with Crippen molar-refractivity contribution in [3.8, 4) is 11.1 Å². The lowest BCUT2D eigenvalue weighted by Crippen LogP contribution is -2.65. The summed E-state index contributed by atoms with van der Waals surface area (Å²) in [5.41, 5.74) is 4.35. The minimum Gasteiger partial charge on any atom is -0.480 e. The van der Waals surface area contributed by atoms with Crippen molar-refractivity contribution < 1.29 is 24.2 Å². The molecule has 214 valence electrons. The molecule has 3 aromatic rings. The Morgan fingerprint density at radius 3 is 2.02 bits per heavy atom. The van der Waals surface area contributed by atoms with Crippen molar-refractivity contribution in [3.05, 3.63) is 95.6 Å². The van der Waals surface area contributed by atoms with Gasteiger partial charge in [0.15, 0.2) is 0 Å². The number of nitrogens with one attached hydrogen (secondary N) is 2. The first-order valence-corrected chi connectivity index (χ1v) is 14.2. The summed E-state index contributed by atoms with van der Waals surface area (Å²) in [6.07, 6.45) is -0.0180. The van der Waals surface area contributed by atoms with Crippen LogP contribution in [0.4, 0.5) is 4.79 Å². The number of amides is 2. The van der Waals surface area contributed by atoms with Crippen LogP contribution in [0.15, 0.2) is 78.9 Å². The van der Waals surface area contributed by atoms with Crippen LogP contribution in [0.25, 0.3) is 11.1 Å². The first-order valence-electron chi connectivity index (χ1n) is 14.2. The Morgan fingerprint density at radius 2 is 1.46 bits per heavy atom. The molecule has 1 fully saturated rings. The number of fused-ring (bicyclic) bond motifs is 3. The predicted molar refractivity (Wildman–Crippen MR) is 156 cm³/mol. The van der Waals surface area contributed by atoms with Crippen LogP contribution in [0.1, 0.15) is 49.3 Å². The first-order chi connectivity index (χ1) is 19.8. The first kappa shape index (κ1) is 28.4. The molecule has 3 N–H and O–H groups in total. The summed E-state index contributed by atoms with van der Waals surface area (Å²) in [7, 11) is 0. The monoisotopic (exact) mass is 555 g/mol. The number of likely N-dealkylation sites (tertiary alicyclic amines) is 1. The smallest absolute Gasteiger partial charge is 0.408 e. The van der Waals surface area contributed by atoms with E-state index in [1.54, 1.807) is 13.8 Å². The third kappa shape index (κ3) is 6.12. The van der Waals surface area contributed by atoms with Gasteiger partial charge in [0.1, 0.15) is 18.2 Å². The van der Waals surface area contributed by atoms with Crippen molar-refractivity contribution in [1.29, 1.82) is 0 Å². The topological polar surface area (TPSA) is 108 Å². The van der Waals surface area contributed by atoms with Gasteiger partial charge in [-0.3, -0.25) is 9.69 Å². The Kier molecular flexibility index (Phi) is 8.40. The van der Waals surface area contributed by atoms with Crippen molar-refractivity contribution in [2.24, 2.45) is 5.92 Å². The largest absolute Gasteiger partial charge is 0.480 e. The summed E-state index contributed by atoms with van der Waals surface area (Å²) in [4.78, 5) is 41.0. The molecule has 1 aliphatic carbocycles.